The van der Waals surface area contributed by atoms with E-state index in [2.05, 4.69) is 4.74 Å². The summed E-state index contributed by atoms with van der Waals surface area (Å²) >= 11 is 0. The number of ether oxygens (including phenoxy) is 3. The predicted octanol–water partition coefficient (Wildman–Crippen LogP) is 2.37. The van der Waals surface area contributed by atoms with Gasteiger partial charge in [-0.2, -0.15) is 0 Å². The maximum Gasteiger partial charge on any atom is 0.513 e. The second-order valence-electron chi connectivity index (χ2n) is 3.80. The second-order valence-corrected chi connectivity index (χ2v) is 3.80. The number of anilines is 1. The number of methoxy groups -OCH3 is 1. The molecule has 1 rings (SSSR count). The quantitative estimate of drug-likeness (QED) is 0.381. The number of hydrogen-bond acceptors (Lipinski definition) is 6. The van der Waals surface area contributed by atoms with Crippen LogP contribution in [0.25, 0.3) is 0 Å². The van der Waals surface area contributed by atoms with Crippen LogP contribution in [0.15, 0.2) is 18.2 Å². The molecule has 0 bridgehead atoms. The zero-order valence-electron chi connectivity index (χ0n) is 11.0. The van der Waals surface area contributed by atoms with Crippen LogP contribution in [0, 0.1) is 0 Å². The highest BCUT2D eigenvalue weighted by atomic mass is 16.7. The first kappa shape index (κ1) is 14.8. The minimum absolute atomic E-state index is 0.0735. The Kier molecular flexibility index (Phi) is 5.66. The Bertz CT molecular complexity index is 458. The van der Waals surface area contributed by atoms with Crippen LogP contribution in [0.3, 0.4) is 0 Å². The molecule has 0 heterocycles. The summed E-state index contributed by atoms with van der Waals surface area (Å²) in [4.78, 5) is 22.7. The van der Waals surface area contributed by atoms with Gasteiger partial charge in [0.25, 0.3) is 0 Å². The van der Waals surface area contributed by atoms with Crippen LogP contribution < -0.4 is 10.5 Å². The van der Waals surface area contributed by atoms with Crippen molar-refractivity contribution in [2.75, 3.05) is 19.5 Å². The van der Waals surface area contributed by atoms with Crippen LogP contribution in [0.2, 0.25) is 0 Å². The third-order valence-corrected chi connectivity index (χ3v) is 2.35. The molecule has 6 heteroatoms. The molecule has 1 aromatic carbocycles. The molecule has 1 aromatic rings. The first-order valence-electron chi connectivity index (χ1n) is 5.91. The maximum absolute atomic E-state index is 11.4. The fourth-order valence-electron chi connectivity index (χ4n) is 1.29. The van der Waals surface area contributed by atoms with Gasteiger partial charge in [-0.05, 0) is 24.6 Å². The Morgan fingerprint density at radius 3 is 2.68 bits per heavy atom. The molecule has 0 saturated heterocycles. The molecule has 0 aliphatic heterocycles. The van der Waals surface area contributed by atoms with Crippen molar-refractivity contribution in [3.63, 3.8) is 0 Å². The van der Waals surface area contributed by atoms with Crippen LogP contribution in [0.1, 0.15) is 30.1 Å². The number of nitrogens with two attached hydrogens (primary N) is 1. The first-order chi connectivity index (χ1) is 9.08. The van der Waals surface area contributed by atoms with Gasteiger partial charge in [0.15, 0.2) is 5.75 Å². The van der Waals surface area contributed by atoms with Gasteiger partial charge in [-0.3, -0.25) is 0 Å². The molecule has 104 valence electrons. The molecule has 0 atom stereocenters. The van der Waals surface area contributed by atoms with Crippen molar-refractivity contribution < 1.29 is 23.8 Å². The summed E-state index contributed by atoms with van der Waals surface area (Å²) in [5.74, 6) is -0.464. The highest BCUT2D eigenvalue weighted by Gasteiger charge is 2.13. The summed E-state index contributed by atoms with van der Waals surface area (Å²) in [7, 11) is 1.26. The molecular formula is C13H17NO5. The largest absolute Gasteiger partial charge is 0.513 e. The molecule has 0 amide bonds. The molecule has 0 unspecified atom stereocenters. The van der Waals surface area contributed by atoms with Crippen molar-refractivity contribution in [1.29, 1.82) is 0 Å². The number of esters is 1. The summed E-state index contributed by atoms with van der Waals surface area (Å²) in [5.41, 5.74) is 6.13. The lowest BCUT2D eigenvalue weighted by atomic mass is 10.2. The SMILES string of the molecule is CCCCOC(=O)Oc1cc(C(=O)OC)ccc1N. The third kappa shape index (κ3) is 4.50. The van der Waals surface area contributed by atoms with Crippen LogP contribution in [-0.4, -0.2) is 25.8 Å². The second kappa shape index (κ2) is 7.25. The Balaban J connectivity index is 2.71. The molecule has 0 spiro atoms. The fraction of sp³-hybridized carbons (Fsp3) is 0.385. The van der Waals surface area contributed by atoms with Crippen molar-refractivity contribution in [2.24, 2.45) is 0 Å². The lowest BCUT2D eigenvalue weighted by Gasteiger charge is -2.08. The van der Waals surface area contributed by atoms with E-state index < -0.39 is 12.1 Å². The van der Waals surface area contributed by atoms with E-state index in [0.717, 1.165) is 12.8 Å². The van der Waals surface area contributed by atoms with Gasteiger partial charge in [-0.1, -0.05) is 13.3 Å². The molecule has 6 nitrogen and oxygen atoms in total. The van der Waals surface area contributed by atoms with E-state index in [1.165, 1.54) is 25.3 Å². The Labute approximate surface area is 111 Å². The lowest BCUT2D eigenvalue weighted by Crippen LogP contribution is -2.13. The number of carbonyl (C=O) groups is 2. The van der Waals surface area contributed by atoms with Crippen molar-refractivity contribution in [3.8, 4) is 5.75 Å². The van der Waals surface area contributed by atoms with Gasteiger partial charge in [0.05, 0.1) is 25.0 Å². The van der Waals surface area contributed by atoms with E-state index in [1.807, 2.05) is 6.92 Å². The molecule has 19 heavy (non-hydrogen) atoms. The monoisotopic (exact) mass is 267 g/mol. The lowest BCUT2D eigenvalue weighted by molar-refractivity contribution is 0.0599. The van der Waals surface area contributed by atoms with Gasteiger partial charge < -0.3 is 19.9 Å². The molecule has 0 aliphatic carbocycles. The highest BCUT2D eigenvalue weighted by Crippen LogP contribution is 2.23. The number of benzene rings is 1. The molecule has 0 aliphatic rings. The van der Waals surface area contributed by atoms with Crippen molar-refractivity contribution in [1.82, 2.24) is 0 Å². The van der Waals surface area contributed by atoms with E-state index in [-0.39, 0.29) is 23.6 Å². The number of rotatable bonds is 5. The van der Waals surface area contributed by atoms with Crippen LogP contribution in [-0.2, 0) is 9.47 Å². The van der Waals surface area contributed by atoms with E-state index in [0.29, 0.717) is 0 Å². The first-order valence-corrected chi connectivity index (χ1v) is 5.91. The number of hydrogen-bond donors (Lipinski definition) is 1. The molecule has 0 aromatic heterocycles. The normalized spacial score (nSPS) is 9.79. The molecule has 0 saturated carbocycles. The van der Waals surface area contributed by atoms with Crippen molar-refractivity contribution >= 4 is 17.8 Å². The van der Waals surface area contributed by atoms with Gasteiger partial charge >= 0.3 is 12.1 Å². The van der Waals surface area contributed by atoms with Gasteiger partial charge in [-0.25, -0.2) is 9.59 Å². The van der Waals surface area contributed by atoms with E-state index in [1.54, 1.807) is 0 Å². The van der Waals surface area contributed by atoms with Crippen LogP contribution >= 0.6 is 0 Å². The highest BCUT2D eigenvalue weighted by molar-refractivity contribution is 5.90. The molecule has 0 fully saturated rings. The standard InChI is InChI=1S/C13H17NO5/c1-3-4-7-18-13(16)19-11-8-9(12(15)17-2)5-6-10(11)14/h5-6,8H,3-4,7,14H2,1-2H3. The van der Waals surface area contributed by atoms with E-state index in [9.17, 15) is 9.59 Å². The van der Waals surface area contributed by atoms with E-state index >= 15 is 0 Å². The van der Waals surface area contributed by atoms with Crippen LogP contribution in [0.5, 0.6) is 5.75 Å². The number of nitrogen functional groups attached to an aromatic ring is 1. The molecule has 2 N–H and O–H groups in total. The van der Waals surface area contributed by atoms with Gasteiger partial charge in [0, 0.05) is 0 Å². The number of carbonyl (C=O) groups excluding carboxylic acids is 2. The zero-order chi connectivity index (χ0) is 14.3. The maximum atomic E-state index is 11.4. The summed E-state index contributed by atoms with van der Waals surface area (Å²) in [6.45, 7) is 2.26. The molecule has 0 radical (unpaired) electrons. The minimum atomic E-state index is -0.845. The summed E-state index contributed by atoms with van der Waals surface area (Å²) < 4.78 is 14.3. The van der Waals surface area contributed by atoms with Gasteiger partial charge in [0.1, 0.15) is 0 Å². The molecular weight excluding hydrogens is 250 g/mol. The fourth-order valence-corrected chi connectivity index (χ4v) is 1.29. The topological polar surface area (TPSA) is 87.8 Å². The predicted molar refractivity (Wildman–Crippen MR) is 69.1 cm³/mol. The van der Waals surface area contributed by atoms with Gasteiger partial charge in [0.2, 0.25) is 0 Å². The van der Waals surface area contributed by atoms with E-state index in [4.69, 9.17) is 15.2 Å². The third-order valence-electron chi connectivity index (χ3n) is 2.35. The minimum Gasteiger partial charge on any atom is -0.465 e. The zero-order valence-corrected chi connectivity index (χ0v) is 11.0. The summed E-state index contributed by atoms with van der Waals surface area (Å²) in [6.07, 6.45) is 0.821. The smallest absolute Gasteiger partial charge is 0.465 e. The summed E-state index contributed by atoms with van der Waals surface area (Å²) in [6, 6.07) is 4.28. The number of unbranched alkanes of at least 4 members (excludes halogenated alkanes) is 1. The Morgan fingerprint density at radius 1 is 1.32 bits per heavy atom. The Morgan fingerprint density at radius 2 is 2.05 bits per heavy atom. The summed E-state index contributed by atoms with van der Waals surface area (Å²) in [5, 5.41) is 0. The average Bonchev–Trinajstić information content (AvgIpc) is 2.40. The van der Waals surface area contributed by atoms with Crippen LogP contribution in [0.4, 0.5) is 10.5 Å². The average molecular weight is 267 g/mol. The van der Waals surface area contributed by atoms with Crippen molar-refractivity contribution in [3.05, 3.63) is 23.8 Å². The Hall–Kier alpha value is -2.24. The van der Waals surface area contributed by atoms with Gasteiger partial charge in [-0.15, -0.1) is 0 Å². The van der Waals surface area contributed by atoms with Crippen molar-refractivity contribution in [2.45, 2.75) is 19.8 Å².